The maximum atomic E-state index is 11.6. The van der Waals surface area contributed by atoms with Crippen LogP contribution in [-0.4, -0.2) is 27.4 Å². The maximum Gasteiger partial charge on any atom is 0.396 e. The van der Waals surface area contributed by atoms with Gasteiger partial charge in [0, 0.05) is 26.5 Å². The highest BCUT2D eigenvalue weighted by atomic mass is 32.3. The first-order valence-corrected chi connectivity index (χ1v) is 3.85. The van der Waals surface area contributed by atoms with Gasteiger partial charge in [0.05, 0.1) is 0 Å². The maximum absolute atomic E-state index is 11.6. The third-order valence-electron chi connectivity index (χ3n) is 0.581. The van der Waals surface area contributed by atoms with Gasteiger partial charge >= 0.3 is 10.4 Å². The van der Waals surface area contributed by atoms with Crippen LogP contribution in [0.4, 0.5) is 3.89 Å². The van der Waals surface area contributed by atoms with E-state index in [0.29, 0.717) is 0 Å². The molecule has 0 saturated heterocycles. The molecule has 6 heteroatoms. The summed E-state index contributed by atoms with van der Waals surface area (Å²) >= 11 is 0. The Labute approximate surface area is 59.7 Å². The minimum atomic E-state index is -4.58. The second-order valence-electron chi connectivity index (χ2n) is 1.84. The summed E-state index contributed by atoms with van der Waals surface area (Å²) in [7, 11) is -1.22. The summed E-state index contributed by atoms with van der Waals surface area (Å²) in [4.78, 5) is 1.57. The van der Waals surface area contributed by atoms with E-state index in [1.807, 2.05) is 0 Å². The molecule has 60 valence electrons. The van der Waals surface area contributed by atoms with E-state index in [4.69, 9.17) is 0 Å². The molecule has 0 aliphatic heterocycles. The van der Waals surface area contributed by atoms with E-state index in [-0.39, 0.29) is 0 Å². The smallest absolute Gasteiger partial charge is 0.382 e. The van der Waals surface area contributed by atoms with E-state index in [1.54, 1.807) is 19.0 Å². The standard InChI is InChI=1S/C4H9FN2O2S/c1-7(2)4-3-6-10(5,8)9/h3-4,6H,1-2H3/b4-3-. The largest absolute Gasteiger partial charge is 0.396 e. The zero-order valence-electron chi connectivity index (χ0n) is 5.70. The van der Waals surface area contributed by atoms with E-state index >= 15 is 0 Å². The van der Waals surface area contributed by atoms with Gasteiger partial charge in [-0.2, -0.15) is 8.42 Å². The third kappa shape index (κ3) is 7.22. The summed E-state index contributed by atoms with van der Waals surface area (Å²) in [6.07, 6.45) is 2.37. The summed E-state index contributed by atoms with van der Waals surface area (Å²) in [5.41, 5.74) is 0. The zero-order valence-corrected chi connectivity index (χ0v) is 6.52. The Morgan fingerprint density at radius 1 is 1.50 bits per heavy atom. The Hall–Kier alpha value is -0.780. The lowest BCUT2D eigenvalue weighted by molar-refractivity contribution is 0.540. The van der Waals surface area contributed by atoms with Gasteiger partial charge in [-0.05, 0) is 0 Å². The van der Waals surface area contributed by atoms with Crippen molar-refractivity contribution in [2.75, 3.05) is 14.1 Å². The predicted octanol–water partition coefficient (Wildman–Crippen LogP) is -0.177. The first-order valence-electron chi connectivity index (χ1n) is 2.47. The van der Waals surface area contributed by atoms with E-state index in [2.05, 4.69) is 0 Å². The average molecular weight is 168 g/mol. The van der Waals surface area contributed by atoms with Crippen molar-refractivity contribution in [3.63, 3.8) is 0 Å². The highest BCUT2D eigenvalue weighted by Gasteiger charge is 1.98. The van der Waals surface area contributed by atoms with Crippen LogP contribution in [0.15, 0.2) is 12.4 Å². The zero-order chi connectivity index (χ0) is 8.20. The SMILES string of the molecule is CN(C)/C=C\NS(=O)(=O)F. The Morgan fingerprint density at radius 3 is 2.30 bits per heavy atom. The quantitative estimate of drug-likeness (QED) is 0.595. The number of rotatable bonds is 3. The van der Waals surface area contributed by atoms with Gasteiger partial charge in [-0.15, -0.1) is 0 Å². The molecule has 0 aromatic rings. The van der Waals surface area contributed by atoms with Gasteiger partial charge in [0.2, 0.25) is 0 Å². The summed E-state index contributed by atoms with van der Waals surface area (Å²) in [6, 6.07) is 0. The van der Waals surface area contributed by atoms with Crippen LogP contribution in [0.25, 0.3) is 0 Å². The molecule has 4 nitrogen and oxygen atoms in total. The van der Waals surface area contributed by atoms with Gasteiger partial charge in [-0.3, -0.25) is 4.72 Å². The second-order valence-corrected chi connectivity index (χ2v) is 2.95. The van der Waals surface area contributed by atoms with E-state index < -0.39 is 10.4 Å². The van der Waals surface area contributed by atoms with Crippen molar-refractivity contribution in [2.24, 2.45) is 0 Å². The number of hydrogen-bond donors (Lipinski definition) is 1. The first-order chi connectivity index (χ1) is 4.42. The van der Waals surface area contributed by atoms with Crippen molar-refractivity contribution in [3.05, 3.63) is 12.4 Å². The Balaban J connectivity index is 3.77. The summed E-state index contributed by atoms with van der Waals surface area (Å²) in [5.74, 6) is 0. The normalized spacial score (nSPS) is 11.9. The Kier molecular flexibility index (Phi) is 3.14. The fraction of sp³-hybridized carbons (Fsp3) is 0.500. The van der Waals surface area contributed by atoms with E-state index in [0.717, 1.165) is 6.20 Å². The molecule has 0 heterocycles. The van der Waals surface area contributed by atoms with Gasteiger partial charge in [0.15, 0.2) is 0 Å². The predicted molar refractivity (Wildman–Crippen MR) is 36.0 cm³/mol. The minimum Gasteiger partial charge on any atom is -0.382 e. The van der Waals surface area contributed by atoms with Crippen molar-refractivity contribution < 1.29 is 12.3 Å². The number of nitrogens with zero attached hydrogens (tertiary/aromatic N) is 1. The molecule has 0 aromatic heterocycles. The van der Waals surface area contributed by atoms with Crippen LogP contribution in [0, 0.1) is 0 Å². The van der Waals surface area contributed by atoms with Crippen molar-refractivity contribution in [2.45, 2.75) is 0 Å². The van der Waals surface area contributed by atoms with Crippen LogP contribution < -0.4 is 4.72 Å². The molecular weight excluding hydrogens is 159 g/mol. The summed E-state index contributed by atoms with van der Waals surface area (Å²) < 4.78 is 32.7. The molecule has 0 radical (unpaired) electrons. The van der Waals surface area contributed by atoms with Gasteiger partial charge in [-0.25, -0.2) is 0 Å². The first kappa shape index (κ1) is 9.22. The monoisotopic (exact) mass is 168 g/mol. The Morgan fingerprint density at radius 2 is 2.00 bits per heavy atom. The molecule has 0 aliphatic rings. The van der Waals surface area contributed by atoms with Crippen LogP contribution in [0.2, 0.25) is 0 Å². The van der Waals surface area contributed by atoms with Gasteiger partial charge < -0.3 is 4.90 Å². The molecule has 0 atom stereocenters. The summed E-state index contributed by atoms with van der Waals surface area (Å²) in [6.45, 7) is 0. The molecule has 0 spiro atoms. The number of hydrogen-bond acceptors (Lipinski definition) is 3. The van der Waals surface area contributed by atoms with Gasteiger partial charge in [-0.1, -0.05) is 3.89 Å². The van der Waals surface area contributed by atoms with Crippen LogP contribution >= 0.6 is 0 Å². The fourth-order valence-corrected chi connectivity index (χ4v) is 0.484. The second kappa shape index (κ2) is 3.40. The highest BCUT2D eigenvalue weighted by molar-refractivity contribution is 7.84. The molecule has 0 saturated carbocycles. The lowest BCUT2D eigenvalue weighted by atomic mass is 10.8. The van der Waals surface area contributed by atoms with Crippen molar-refractivity contribution >= 4 is 10.4 Å². The van der Waals surface area contributed by atoms with E-state index in [9.17, 15) is 12.3 Å². The number of halogens is 1. The van der Waals surface area contributed by atoms with Crippen molar-refractivity contribution in [1.82, 2.24) is 9.62 Å². The lowest BCUT2D eigenvalue weighted by Gasteiger charge is -2.01. The minimum absolute atomic E-state index is 0.995. The van der Waals surface area contributed by atoms with Crippen LogP contribution in [0.1, 0.15) is 0 Å². The van der Waals surface area contributed by atoms with E-state index in [1.165, 1.54) is 10.9 Å². The molecule has 0 rings (SSSR count). The van der Waals surface area contributed by atoms with Crippen LogP contribution in [-0.2, 0) is 10.4 Å². The molecule has 0 aromatic carbocycles. The highest BCUT2D eigenvalue weighted by Crippen LogP contribution is 1.82. The molecule has 0 bridgehead atoms. The molecule has 0 unspecified atom stereocenters. The fourth-order valence-electron chi connectivity index (χ4n) is 0.261. The topological polar surface area (TPSA) is 49.4 Å². The molecule has 10 heavy (non-hydrogen) atoms. The molecular formula is C4H9FN2O2S. The third-order valence-corrected chi connectivity index (χ3v) is 0.999. The molecule has 0 amide bonds. The molecule has 0 aliphatic carbocycles. The average Bonchev–Trinajstić information content (AvgIpc) is 1.59. The molecule has 1 N–H and O–H groups in total. The van der Waals surface area contributed by atoms with Gasteiger partial charge in [0.1, 0.15) is 0 Å². The van der Waals surface area contributed by atoms with Crippen LogP contribution in [0.5, 0.6) is 0 Å². The number of nitrogens with one attached hydrogen (secondary N) is 1. The summed E-state index contributed by atoms with van der Waals surface area (Å²) in [5, 5.41) is 0. The lowest BCUT2D eigenvalue weighted by Crippen LogP contribution is -2.13. The van der Waals surface area contributed by atoms with Crippen molar-refractivity contribution in [3.8, 4) is 0 Å². The van der Waals surface area contributed by atoms with Crippen LogP contribution in [0.3, 0.4) is 0 Å². The van der Waals surface area contributed by atoms with Crippen molar-refractivity contribution in [1.29, 1.82) is 0 Å². The van der Waals surface area contributed by atoms with Gasteiger partial charge in [0.25, 0.3) is 0 Å². The molecule has 0 fully saturated rings. The Bertz CT molecular complexity index is 209.